The number of H-pyrrole nitrogens is 1. The van der Waals surface area contributed by atoms with Gasteiger partial charge in [0, 0.05) is 18.1 Å². The van der Waals surface area contributed by atoms with E-state index in [2.05, 4.69) is 20.9 Å². The van der Waals surface area contributed by atoms with E-state index in [1.165, 1.54) is 17.2 Å². The van der Waals surface area contributed by atoms with Crippen LogP contribution in [0.2, 0.25) is 5.02 Å². The van der Waals surface area contributed by atoms with Crippen LogP contribution in [0.3, 0.4) is 0 Å². The summed E-state index contributed by atoms with van der Waals surface area (Å²) in [5, 5.41) is 0.923. The highest BCUT2D eigenvalue weighted by Gasteiger charge is 2.36. The fourth-order valence-electron chi connectivity index (χ4n) is 1.97. The number of rotatable bonds is 3. The third-order valence-corrected chi connectivity index (χ3v) is 4.63. The van der Waals surface area contributed by atoms with Crippen LogP contribution in [0.15, 0.2) is 15.8 Å². The Labute approximate surface area is 106 Å². The predicted molar refractivity (Wildman–Crippen MR) is 66.4 cm³/mol. The summed E-state index contributed by atoms with van der Waals surface area (Å²) in [5.74, 6) is 0. The highest BCUT2D eigenvalue weighted by Crippen LogP contribution is 2.43. The molecule has 88 valence electrons. The summed E-state index contributed by atoms with van der Waals surface area (Å²) in [5.41, 5.74) is -0.767. The molecule has 1 aliphatic rings. The minimum absolute atomic E-state index is 0.0589. The molecule has 0 radical (unpaired) electrons. The standard InChI is InChI=1S/C10H12BrClN2O2/c11-5-10(2-1-3-10)6-14-4-7(12)8(15)13-9(14)16/h4H,1-3,5-6H2,(H,13,15,16). The predicted octanol–water partition coefficient (Wildman–Crippen LogP) is 1.76. The number of nitrogens with zero attached hydrogens (tertiary/aromatic N) is 1. The van der Waals surface area contributed by atoms with Gasteiger partial charge >= 0.3 is 5.69 Å². The van der Waals surface area contributed by atoms with Crippen molar-refractivity contribution in [2.24, 2.45) is 5.41 Å². The fraction of sp³-hybridized carbons (Fsp3) is 0.600. The first-order valence-electron chi connectivity index (χ1n) is 5.12. The lowest BCUT2D eigenvalue weighted by Gasteiger charge is -2.40. The first-order chi connectivity index (χ1) is 7.56. The van der Waals surface area contributed by atoms with Gasteiger partial charge in [-0.05, 0) is 18.3 Å². The molecule has 0 aromatic carbocycles. The molecule has 6 heteroatoms. The molecule has 0 aliphatic heterocycles. The Morgan fingerprint density at radius 3 is 2.69 bits per heavy atom. The van der Waals surface area contributed by atoms with E-state index in [4.69, 9.17) is 11.6 Å². The molecule has 1 saturated carbocycles. The minimum atomic E-state index is -0.524. The Morgan fingerprint density at radius 1 is 1.50 bits per heavy atom. The molecule has 0 unspecified atom stereocenters. The molecule has 1 aromatic rings. The quantitative estimate of drug-likeness (QED) is 0.865. The molecule has 1 fully saturated rings. The van der Waals surface area contributed by atoms with Crippen LogP contribution in [-0.2, 0) is 6.54 Å². The zero-order valence-electron chi connectivity index (χ0n) is 8.63. The monoisotopic (exact) mass is 306 g/mol. The van der Waals surface area contributed by atoms with Crippen molar-refractivity contribution in [1.29, 1.82) is 0 Å². The van der Waals surface area contributed by atoms with Gasteiger partial charge in [0.1, 0.15) is 5.02 Å². The van der Waals surface area contributed by atoms with Crippen molar-refractivity contribution >= 4 is 27.5 Å². The summed E-state index contributed by atoms with van der Waals surface area (Å²) in [6.45, 7) is 0.605. The average molecular weight is 308 g/mol. The van der Waals surface area contributed by atoms with E-state index >= 15 is 0 Å². The van der Waals surface area contributed by atoms with Crippen molar-refractivity contribution in [2.75, 3.05) is 5.33 Å². The summed E-state index contributed by atoms with van der Waals surface area (Å²) >= 11 is 9.18. The summed E-state index contributed by atoms with van der Waals surface area (Å²) in [7, 11) is 0. The van der Waals surface area contributed by atoms with E-state index in [1.807, 2.05) is 0 Å². The number of aromatic amines is 1. The number of alkyl halides is 1. The van der Waals surface area contributed by atoms with Gasteiger partial charge in [0.25, 0.3) is 5.56 Å². The van der Waals surface area contributed by atoms with Crippen molar-refractivity contribution in [1.82, 2.24) is 9.55 Å². The third kappa shape index (κ3) is 2.11. The summed E-state index contributed by atoms with van der Waals surface area (Å²) < 4.78 is 1.49. The first kappa shape index (κ1) is 11.9. The maximum absolute atomic E-state index is 11.6. The van der Waals surface area contributed by atoms with Gasteiger partial charge in [-0.2, -0.15) is 0 Å². The van der Waals surface area contributed by atoms with Crippen molar-refractivity contribution in [3.63, 3.8) is 0 Å². The lowest BCUT2D eigenvalue weighted by molar-refractivity contribution is 0.137. The van der Waals surface area contributed by atoms with Crippen LogP contribution in [-0.4, -0.2) is 14.9 Å². The number of nitrogens with one attached hydrogen (secondary N) is 1. The zero-order valence-corrected chi connectivity index (χ0v) is 11.0. The second kappa shape index (κ2) is 4.37. The highest BCUT2D eigenvalue weighted by molar-refractivity contribution is 9.09. The van der Waals surface area contributed by atoms with Gasteiger partial charge in [-0.1, -0.05) is 34.0 Å². The van der Waals surface area contributed by atoms with E-state index in [1.54, 1.807) is 0 Å². The Bertz CT molecular complexity index is 499. The molecular weight excluding hydrogens is 295 g/mol. The number of hydrogen-bond donors (Lipinski definition) is 1. The third-order valence-electron chi connectivity index (χ3n) is 3.17. The van der Waals surface area contributed by atoms with Gasteiger partial charge < -0.3 is 0 Å². The van der Waals surface area contributed by atoms with Gasteiger partial charge in [0.05, 0.1) is 0 Å². The zero-order chi connectivity index (χ0) is 11.8. The molecule has 2 rings (SSSR count). The molecule has 1 N–H and O–H groups in total. The van der Waals surface area contributed by atoms with Crippen molar-refractivity contribution in [2.45, 2.75) is 25.8 Å². The van der Waals surface area contributed by atoms with Crippen LogP contribution in [0.1, 0.15) is 19.3 Å². The lowest BCUT2D eigenvalue weighted by atomic mass is 9.70. The van der Waals surface area contributed by atoms with E-state index in [9.17, 15) is 9.59 Å². The molecule has 0 atom stereocenters. The van der Waals surface area contributed by atoms with Gasteiger partial charge in [-0.3, -0.25) is 14.3 Å². The van der Waals surface area contributed by atoms with Gasteiger partial charge in [0.15, 0.2) is 0 Å². The van der Waals surface area contributed by atoms with Gasteiger partial charge in [0.2, 0.25) is 0 Å². The molecule has 16 heavy (non-hydrogen) atoms. The van der Waals surface area contributed by atoms with Crippen LogP contribution < -0.4 is 11.2 Å². The molecule has 1 aliphatic carbocycles. The van der Waals surface area contributed by atoms with Crippen LogP contribution in [0.5, 0.6) is 0 Å². The normalized spacial score (nSPS) is 18.1. The van der Waals surface area contributed by atoms with Crippen molar-refractivity contribution in [3.05, 3.63) is 32.1 Å². The van der Waals surface area contributed by atoms with Crippen LogP contribution in [0, 0.1) is 5.41 Å². The van der Waals surface area contributed by atoms with E-state index in [0.29, 0.717) is 6.54 Å². The topological polar surface area (TPSA) is 54.9 Å². The highest BCUT2D eigenvalue weighted by atomic mass is 79.9. The van der Waals surface area contributed by atoms with E-state index < -0.39 is 5.56 Å². The molecule has 0 bridgehead atoms. The maximum atomic E-state index is 11.6. The van der Waals surface area contributed by atoms with Crippen molar-refractivity contribution < 1.29 is 0 Å². The molecule has 4 nitrogen and oxygen atoms in total. The molecule has 0 saturated heterocycles. The molecular formula is C10H12BrClN2O2. The maximum Gasteiger partial charge on any atom is 0.328 e. The van der Waals surface area contributed by atoms with Crippen LogP contribution in [0.25, 0.3) is 0 Å². The van der Waals surface area contributed by atoms with Crippen LogP contribution >= 0.6 is 27.5 Å². The second-order valence-corrected chi connectivity index (χ2v) is 5.32. The van der Waals surface area contributed by atoms with Crippen molar-refractivity contribution in [3.8, 4) is 0 Å². The Kier molecular flexibility index (Phi) is 3.26. The molecule has 0 amide bonds. The summed E-state index contributed by atoms with van der Waals surface area (Å²) in [6, 6.07) is 0. The Balaban J connectivity index is 2.31. The number of halogens is 2. The largest absolute Gasteiger partial charge is 0.328 e. The fourth-order valence-corrected chi connectivity index (χ4v) is 2.88. The van der Waals surface area contributed by atoms with Crippen LogP contribution in [0.4, 0.5) is 0 Å². The first-order valence-corrected chi connectivity index (χ1v) is 6.61. The van der Waals surface area contributed by atoms with Gasteiger partial charge in [-0.25, -0.2) is 4.79 Å². The van der Waals surface area contributed by atoms with E-state index in [0.717, 1.165) is 18.2 Å². The summed E-state index contributed by atoms with van der Waals surface area (Å²) in [4.78, 5) is 24.9. The number of hydrogen-bond acceptors (Lipinski definition) is 2. The Hall–Kier alpha value is -0.550. The minimum Gasteiger partial charge on any atom is -0.299 e. The number of aromatic nitrogens is 2. The SMILES string of the molecule is O=c1[nH]c(=O)n(CC2(CBr)CCC2)cc1Cl. The Morgan fingerprint density at radius 2 is 2.19 bits per heavy atom. The molecule has 1 heterocycles. The lowest BCUT2D eigenvalue weighted by Crippen LogP contribution is -2.40. The van der Waals surface area contributed by atoms with E-state index in [-0.39, 0.29) is 16.1 Å². The molecule has 1 aromatic heterocycles. The second-order valence-electron chi connectivity index (χ2n) is 4.35. The summed E-state index contributed by atoms with van der Waals surface area (Å²) in [6.07, 6.45) is 4.81. The average Bonchev–Trinajstić information content (AvgIpc) is 2.19. The van der Waals surface area contributed by atoms with Gasteiger partial charge in [-0.15, -0.1) is 0 Å². The molecule has 0 spiro atoms. The smallest absolute Gasteiger partial charge is 0.299 e.